The zero-order chi connectivity index (χ0) is 22.4. The monoisotopic (exact) mass is 450 g/mol. The number of benzene rings is 3. The van der Waals surface area contributed by atoms with E-state index < -0.39 is 10.0 Å². The number of amides is 1. The molecule has 0 saturated heterocycles. The third kappa shape index (κ3) is 5.48. The lowest BCUT2D eigenvalue weighted by Crippen LogP contribution is -2.36. The van der Waals surface area contributed by atoms with Crippen LogP contribution in [0.1, 0.15) is 42.5 Å². The van der Waals surface area contributed by atoms with Crippen LogP contribution in [0.3, 0.4) is 0 Å². The van der Waals surface area contributed by atoms with E-state index in [0.29, 0.717) is 17.1 Å². The second kappa shape index (κ2) is 9.87. The van der Waals surface area contributed by atoms with Crippen molar-refractivity contribution in [3.8, 4) is 11.5 Å². The van der Waals surface area contributed by atoms with E-state index >= 15 is 0 Å². The number of para-hydroxylation sites is 2. The quantitative estimate of drug-likeness (QED) is 0.509. The van der Waals surface area contributed by atoms with Gasteiger partial charge in [0.2, 0.25) is 0 Å². The van der Waals surface area contributed by atoms with Gasteiger partial charge in [0.05, 0.1) is 16.1 Å². The molecule has 4 rings (SSSR count). The van der Waals surface area contributed by atoms with Crippen LogP contribution in [-0.2, 0) is 10.0 Å². The Morgan fingerprint density at radius 2 is 1.41 bits per heavy atom. The standard InChI is InChI=1S/C25H26N2O4S/c28-25(26-19-9-3-1-4-10-19)23-13-7-8-14-24(23)27-32(29,30)22-17-15-21(16-18-22)31-20-11-5-2-6-12-20/h2,5-8,11-19,27H,1,3-4,9-10H2,(H,26,28). The molecule has 1 aliphatic rings. The van der Waals surface area contributed by atoms with Gasteiger partial charge < -0.3 is 10.1 Å². The minimum atomic E-state index is -3.88. The highest BCUT2D eigenvalue weighted by atomic mass is 32.2. The molecule has 32 heavy (non-hydrogen) atoms. The number of rotatable bonds is 7. The fourth-order valence-corrected chi connectivity index (χ4v) is 4.88. The van der Waals surface area contributed by atoms with Gasteiger partial charge >= 0.3 is 0 Å². The van der Waals surface area contributed by atoms with Crippen molar-refractivity contribution >= 4 is 21.6 Å². The topological polar surface area (TPSA) is 84.5 Å². The van der Waals surface area contributed by atoms with Gasteiger partial charge in [0.1, 0.15) is 11.5 Å². The molecule has 7 heteroatoms. The van der Waals surface area contributed by atoms with E-state index in [0.717, 1.165) is 25.7 Å². The summed E-state index contributed by atoms with van der Waals surface area (Å²) < 4.78 is 34.2. The van der Waals surface area contributed by atoms with Gasteiger partial charge in [-0.3, -0.25) is 9.52 Å². The average Bonchev–Trinajstić information content (AvgIpc) is 2.81. The molecule has 0 bridgehead atoms. The van der Waals surface area contributed by atoms with Crippen LogP contribution < -0.4 is 14.8 Å². The number of hydrogen-bond donors (Lipinski definition) is 2. The predicted octanol–water partition coefficient (Wildman–Crippen LogP) is 5.34. The Hall–Kier alpha value is -3.32. The summed E-state index contributed by atoms with van der Waals surface area (Å²) >= 11 is 0. The van der Waals surface area contributed by atoms with Gasteiger partial charge in [0, 0.05) is 6.04 Å². The molecular formula is C25H26N2O4S. The summed E-state index contributed by atoms with van der Waals surface area (Å²) in [5.41, 5.74) is 0.566. The van der Waals surface area contributed by atoms with Crippen molar-refractivity contribution in [2.75, 3.05) is 4.72 Å². The number of nitrogens with one attached hydrogen (secondary N) is 2. The average molecular weight is 451 g/mol. The van der Waals surface area contributed by atoms with E-state index in [9.17, 15) is 13.2 Å². The number of sulfonamides is 1. The second-order valence-corrected chi connectivity index (χ2v) is 9.53. The lowest BCUT2D eigenvalue weighted by Gasteiger charge is -2.23. The fourth-order valence-electron chi connectivity index (χ4n) is 3.80. The molecule has 0 unspecified atom stereocenters. The summed E-state index contributed by atoms with van der Waals surface area (Å²) in [4.78, 5) is 12.9. The van der Waals surface area contributed by atoms with Gasteiger partial charge in [-0.25, -0.2) is 8.42 Å². The minimum Gasteiger partial charge on any atom is -0.457 e. The maximum absolute atomic E-state index is 13.0. The molecule has 1 saturated carbocycles. The first kappa shape index (κ1) is 21.9. The molecule has 1 fully saturated rings. The largest absolute Gasteiger partial charge is 0.457 e. The van der Waals surface area contributed by atoms with Crippen LogP contribution >= 0.6 is 0 Å². The Morgan fingerprint density at radius 3 is 2.12 bits per heavy atom. The third-order valence-corrected chi connectivity index (χ3v) is 6.85. The lowest BCUT2D eigenvalue weighted by atomic mass is 9.95. The molecular weight excluding hydrogens is 424 g/mol. The Balaban J connectivity index is 1.48. The molecule has 2 N–H and O–H groups in total. The Bertz CT molecular complexity index is 1160. The first-order valence-electron chi connectivity index (χ1n) is 10.8. The predicted molar refractivity (Wildman–Crippen MR) is 125 cm³/mol. The summed E-state index contributed by atoms with van der Waals surface area (Å²) in [6.45, 7) is 0. The van der Waals surface area contributed by atoms with Crippen molar-refractivity contribution in [3.63, 3.8) is 0 Å². The molecule has 0 spiro atoms. The van der Waals surface area contributed by atoms with E-state index in [1.165, 1.54) is 18.6 Å². The van der Waals surface area contributed by atoms with Crippen LogP contribution in [0.15, 0.2) is 83.8 Å². The number of carbonyl (C=O) groups is 1. The number of carbonyl (C=O) groups excluding carboxylic acids is 1. The lowest BCUT2D eigenvalue weighted by molar-refractivity contribution is 0.0928. The SMILES string of the molecule is O=C(NC1CCCCC1)c1ccccc1NS(=O)(=O)c1ccc(Oc2ccccc2)cc1. The molecule has 1 aliphatic carbocycles. The van der Waals surface area contributed by atoms with Crippen molar-refractivity contribution < 1.29 is 17.9 Å². The van der Waals surface area contributed by atoms with Gasteiger partial charge in [0.15, 0.2) is 0 Å². The minimum absolute atomic E-state index is 0.0837. The molecule has 1 amide bonds. The summed E-state index contributed by atoms with van der Waals surface area (Å²) in [5.74, 6) is 0.934. The van der Waals surface area contributed by atoms with Gasteiger partial charge in [0.25, 0.3) is 15.9 Å². The second-order valence-electron chi connectivity index (χ2n) is 7.85. The zero-order valence-electron chi connectivity index (χ0n) is 17.7. The molecule has 6 nitrogen and oxygen atoms in total. The third-order valence-electron chi connectivity index (χ3n) is 5.47. The summed E-state index contributed by atoms with van der Waals surface area (Å²) in [5, 5.41) is 3.04. The molecule has 166 valence electrons. The molecule has 0 heterocycles. The number of ether oxygens (including phenoxy) is 1. The van der Waals surface area contributed by atoms with Crippen molar-refractivity contribution in [1.29, 1.82) is 0 Å². The van der Waals surface area contributed by atoms with Crippen LogP contribution in [0, 0.1) is 0 Å². The van der Waals surface area contributed by atoms with E-state index in [2.05, 4.69) is 10.0 Å². The van der Waals surface area contributed by atoms with Crippen molar-refractivity contribution in [3.05, 3.63) is 84.4 Å². The van der Waals surface area contributed by atoms with E-state index in [4.69, 9.17) is 4.74 Å². The van der Waals surface area contributed by atoms with Gasteiger partial charge in [-0.2, -0.15) is 0 Å². The van der Waals surface area contributed by atoms with E-state index in [1.807, 2.05) is 30.3 Å². The smallest absolute Gasteiger partial charge is 0.261 e. The molecule has 0 aromatic heterocycles. The number of hydrogen-bond acceptors (Lipinski definition) is 4. The first-order chi connectivity index (χ1) is 15.5. The maximum Gasteiger partial charge on any atom is 0.261 e. The van der Waals surface area contributed by atoms with Gasteiger partial charge in [-0.1, -0.05) is 49.6 Å². The molecule has 3 aromatic carbocycles. The first-order valence-corrected chi connectivity index (χ1v) is 12.3. The fraction of sp³-hybridized carbons (Fsp3) is 0.240. The molecule has 0 radical (unpaired) electrons. The Labute approximate surface area is 188 Å². The van der Waals surface area contributed by atoms with E-state index in [1.54, 1.807) is 36.4 Å². The molecule has 0 aliphatic heterocycles. The highest BCUT2D eigenvalue weighted by molar-refractivity contribution is 7.92. The van der Waals surface area contributed by atoms with Crippen LogP contribution in [0.5, 0.6) is 11.5 Å². The summed E-state index contributed by atoms with van der Waals surface area (Å²) in [7, 11) is -3.88. The van der Waals surface area contributed by atoms with Crippen molar-refractivity contribution in [2.45, 2.75) is 43.0 Å². The molecule has 3 aromatic rings. The van der Waals surface area contributed by atoms with Crippen molar-refractivity contribution in [2.24, 2.45) is 0 Å². The summed E-state index contributed by atoms with van der Waals surface area (Å²) in [6.07, 6.45) is 5.30. The van der Waals surface area contributed by atoms with E-state index in [-0.39, 0.29) is 22.5 Å². The summed E-state index contributed by atoms with van der Waals surface area (Å²) in [6, 6.07) is 22.2. The van der Waals surface area contributed by atoms with Crippen LogP contribution in [-0.4, -0.2) is 20.4 Å². The molecule has 0 atom stereocenters. The maximum atomic E-state index is 13.0. The normalized spacial score (nSPS) is 14.5. The van der Waals surface area contributed by atoms with Crippen LogP contribution in [0.4, 0.5) is 5.69 Å². The number of anilines is 1. The van der Waals surface area contributed by atoms with Gasteiger partial charge in [-0.05, 0) is 61.4 Å². The van der Waals surface area contributed by atoms with Crippen molar-refractivity contribution in [1.82, 2.24) is 5.32 Å². The van der Waals surface area contributed by atoms with Crippen LogP contribution in [0.25, 0.3) is 0 Å². The highest BCUT2D eigenvalue weighted by Gasteiger charge is 2.21. The van der Waals surface area contributed by atoms with Gasteiger partial charge in [-0.15, -0.1) is 0 Å². The highest BCUT2D eigenvalue weighted by Crippen LogP contribution is 2.25. The van der Waals surface area contributed by atoms with Crippen LogP contribution in [0.2, 0.25) is 0 Å². The zero-order valence-corrected chi connectivity index (χ0v) is 18.5. The Morgan fingerprint density at radius 1 is 0.781 bits per heavy atom. The Kier molecular flexibility index (Phi) is 6.75.